The van der Waals surface area contributed by atoms with Gasteiger partial charge in [0.2, 0.25) is 0 Å². The van der Waals surface area contributed by atoms with Gasteiger partial charge in [0, 0.05) is 4.91 Å². The Bertz CT molecular complexity index is 417. The Morgan fingerprint density at radius 2 is 1.93 bits per heavy atom. The first-order valence-electron chi connectivity index (χ1n) is 3.85. The molecule has 0 aliphatic carbocycles. The lowest BCUT2D eigenvalue weighted by atomic mass is 10.1. The maximum absolute atomic E-state index is 10.8. The molecule has 1 aromatic carbocycles. The number of rotatable bonds is 2. The second-order valence-electron chi connectivity index (χ2n) is 2.57. The molecule has 3 nitrogen and oxygen atoms in total. The molecule has 1 rings (SSSR count). The maximum Gasteiger partial charge on any atom is 0.260 e. The molecule has 0 heterocycles. The van der Waals surface area contributed by atoms with Crippen molar-refractivity contribution in [2.45, 2.75) is 0 Å². The fourth-order valence-electron chi connectivity index (χ4n) is 0.965. The SMILES string of the molecule is N#CC(C(N)=O)=C(S)c1ccccc1. The van der Waals surface area contributed by atoms with Crippen LogP contribution >= 0.6 is 12.6 Å². The zero-order valence-electron chi connectivity index (χ0n) is 7.27. The number of carbonyl (C=O) groups is 1. The molecule has 2 N–H and O–H groups in total. The third kappa shape index (κ3) is 2.15. The molecule has 0 unspecified atom stereocenters. The maximum atomic E-state index is 10.8. The third-order valence-corrected chi connectivity index (χ3v) is 2.12. The topological polar surface area (TPSA) is 66.9 Å². The molecule has 0 aliphatic rings. The summed E-state index contributed by atoms with van der Waals surface area (Å²) in [6.07, 6.45) is 0. The van der Waals surface area contributed by atoms with Crippen molar-refractivity contribution in [3.8, 4) is 6.07 Å². The van der Waals surface area contributed by atoms with Crippen molar-refractivity contribution in [3.63, 3.8) is 0 Å². The van der Waals surface area contributed by atoms with Crippen LogP contribution in [0.25, 0.3) is 4.91 Å². The highest BCUT2D eigenvalue weighted by Crippen LogP contribution is 2.21. The van der Waals surface area contributed by atoms with E-state index in [1.807, 2.05) is 6.07 Å². The van der Waals surface area contributed by atoms with Crippen LogP contribution in [-0.2, 0) is 4.79 Å². The van der Waals surface area contributed by atoms with Crippen molar-refractivity contribution in [2.75, 3.05) is 0 Å². The Hall–Kier alpha value is -1.73. The number of primary amides is 1. The summed E-state index contributed by atoms with van der Waals surface area (Å²) in [6.45, 7) is 0. The van der Waals surface area contributed by atoms with Crippen molar-refractivity contribution in [2.24, 2.45) is 5.73 Å². The summed E-state index contributed by atoms with van der Waals surface area (Å²) >= 11 is 4.09. The molecule has 0 aromatic heterocycles. The molecule has 0 fully saturated rings. The van der Waals surface area contributed by atoms with Gasteiger partial charge in [-0.2, -0.15) is 5.26 Å². The minimum atomic E-state index is -0.763. The lowest BCUT2D eigenvalue weighted by Crippen LogP contribution is -2.13. The third-order valence-electron chi connectivity index (χ3n) is 1.64. The van der Waals surface area contributed by atoms with E-state index in [1.54, 1.807) is 30.3 Å². The number of hydrogen-bond donors (Lipinski definition) is 2. The van der Waals surface area contributed by atoms with E-state index in [1.165, 1.54) is 0 Å². The zero-order valence-corrected chi connectivity index (χ0v) is 8.16. The Kier molecular flexibility index (Phi) is 3.32. The summed E-state index contributed by atoms with van der Waals surface area (Å²) in [5.41, 5.74) is 5.59. The molecule has 0 saturated carbocycles. The standard InChI is InChI=1S/C10H8N2OS/c11-6-8(10(12)13)9(14)7-4-2-1-3-5-7/h1-5,14H,(H2,12,13). The van der Waals surface area contributed by atoms with E-state index in [2.05, 4.69) is 12.6 Å². The fourth-order valence-corrected chi connectivity index (χ4v) is 1.27. The highest BCUT2D eigenvalue weighted by atomic mass is 32.1. The minimum Gasteiger partial charge on any atom is -0.365 e. The van der Waals surface area contributed by atoms with Gasteiger partial charge in [-0.05, 0) is 5.56 Å². The van der Waals surface area contributed by atoms with Gasteiger partial charge in [0.1, 0.15) is 11.6 Å². The molecule has 70 valence electrons. The lowest BCUT2D eigenvalue weighted by Gasteiger charge is -2.01. The first-order valence-corrected chi connectivity index (χ1v) is 4.30. The van der Waals surface area contributed by atoms with Crippen molar-refractivity contribution in [3.05, 3.63) is 41.5 Å². The van der Waals surface area contributed by atoms with Crippen LogP contribution in [0.3, 0.4) is 0 Å². The largest absolute Gasteiger partial charge is 0.365 e. The predicted molar refractivity (Wildman–Crippen MR) is 57.2 cm³/mol. The average molecular weight is 204 g/mol. The van der Waals surface area contributed by atoms with Gasteiger partial charge in [-0.1, -0.05) is 30.3 Å². The number of nitriles is 1. The van der Waals surface area contributed by atoms with E-state index in [9.17, 15) is 4.79 Å². The number of carbonyl (C=O) groups excluding carboxylic acids is 1. The van der Waals surface area contributed by atoms with Crippen LogP contribution in [-0.4, -0.2) is 5.91 Å². The molecule has 0 aliphatic heterocycles. The highest BCUT2D eigenvalue weighted by molar-refractivity contribution is 7.90. The molecular weight excluding hydrogens is 196 g/mol. The Morgan fingerprint density at radius 3 is 2.36 bits per heavy atom. The van der Waals surface area contributed by atoms with E-state index in [4.69, 9.17) is 11.0 Å². The molecular formula is C10H8N2OS. The minimum absolute atomic E-state index is 0.125. The van der Waals surface area contributed by atoms with Gasteiger partial charge < -0.3 is 5.73 Å². The van der Waals surface area contributed by atoms with E-state index >= 15 is 0 Å². The molecule has 4 heteroatoms. The van der Waals surface area contributed by atoms with Crippen LogP contribution in [0.4, 0.5) is 0 Å². The quantitative estimate of drug-likeness (QED) is 0.433. The second kappa shape index (κ2) is 4.49. The first kappa shape index (κ1) is 10.4. The fraction of sp³-hybridized carbons (Fsp3) is 0. The monoisotopic (exact) mass is 204 g/mol. The number of nitrogens with two attached hydrogens (primary N) is 1. The Balaban J connectivity index is 3.23. The summed E-state index contributed by atoms with van der Waals surface area (Å²) in [7, 11) is 0. The summed E-state index contributed by atoms with van der Waals surface area (Å²) < 4.78 is 0. The summed E-state index contributed by atoms with van der Waals surface area (Å²) in [4.78, 5) is 11.1. The molecule has 0 saturated heterocycles. The number of nitrogens with zero attached hydrogens (tertiary/aromatic N) is 1. The first-order chi connectivity index (χ1) is 6.66. The average Bonchev–Trinajstić information content (AvgIpc) is 2.19. The summed E-state index contributed by atoms with van der Waals surface area (Å²) in [5.74, 6) is -0.763. The van der Waals surface area contributed by atoms with Gasteiger partial charge in [-0.25, -0.2) is 0 Å². The number of benzene rings is 1. The van der Waals surface area contributed by atoms with Gasteiger partial charge in [-0.15, -0.1) is 12.6 Å². The smallest absolute Gasteiger partial charge is 0.260 e. The molecule has 1 amide bonds. The Morgan fingerprint density at radius 1 is 1.36 bits per heavy atom. The Labute approximate surface area is 87.3 Å². The molecule has 0 bridgehead atoms. The normalized spacial score (nSPS) is 11.4. The van der Waals surface area contributed by atoms with E-state index in [-0.39, 0.29) is 5.57 Å². The van der Waals surface area contributed by atoms with Gasteiger partial charge in [0.15, 0.2) is 0 Å². The molecule has 14 heavy (non-hydrogen) atoms. The van der Waals surface area contributed by atoms with Crippen LogP contribution < -0.4 is 5.73 Å². The second-order valence-corrected chi connectivity index (χ2v) is 3.01. The van der Waals surface area contributed by atoms with Crippen LogP contribution in [0.5, 0.6) is 0 Å². The van der Waals surface area contributed by atoms with Gasteiger partial charge in [-0.3, -0.25) is 4.79 Å². The number of thiol groups is 1. The van der Waals surface area contributed by atoms with Gasteiger partial charge in [0.25, 0.3) is 5.91 Å². The van der Waals surface area contributed by atoms with Crippen LogP contribution in [0.2, 0.25) is 0 Å². The molecule has 1 aromatic rings. The number of amides is 1. The van der Waals surface area contributed by atoms with Crippen LogP contribution in [0, 0.1) is 11.3 Å². The van der Waals surface area contributed by atoms with Crippen LogP contribution in [0.15, 0.2) is 35.9 Å². The summed E-state index contributed by atoms with van der Waals surface area (Å²) in [5, 5.41) is 8.67. The van der Waals surface area contributed by atoms with Crippen molar-refractivity contribution < 1.29 is 4.79 Å². The lowest BCUT2D eigenvalue weighted by molar-refractivity contribution is -0.114. The van der Waals surface area contributed by atoms with Gasteiger partial charge >= 0.3 is 0 Å². The van der Waals surface area contributed by atoms with Crippen LogP contribution in [0.1, 0.15) is 5.56 Å². The predicted octanol–water partition coefficient (Wildman–Crippen LogP) is 1.34. The zero-order chi connectivity index (χ0) is 10.6. The van der Waals surface area contributed by atoms with E-state index < -0.39 is 5.91 Å². The van der Waals surface area contributed by atoms with Crippen molar-refractivity contribution in [1.82, 2.24) is 0 Å². The number of hydrogen-bond acceptors (Lipinski definition) is 3. The molecule has 0 spiro atoms. The van der Waals surface area contributed by atoms with Gasteiger partial charge in [0.05, 0.1) is 0 Å². The highest BCUT2D eigenvalue weighted by Gasteiger charge is 2.10. The van der Waals surface area contributed by atoms with E-state index in [0.29, 0.717) is 10.5 Å². The molecule has 0 atom stereocenters. The van der Waals surface area contributed by atoms with Crippen molar-refractivity contribution in [1.29, 1.82) is 5.26 Å². The molecule has 0 radical (unpaired) electrons. The van der Waals surface area contributed by atoms with Crippen molar-refractivity contribution >= 4 is 23.4 Å². The van der Waals surface area contributed by atoms with E-state index in [0.717, 1.165) is 0 Å². The summed E-state index contributed by atoms with van der Waals surface area (Å²) in [6, 6.07) is 10.7.